The van der Waals surface area contributed by atoms with Gasteiger partial charge in [-0.1, -0.05) is 20.8 Å². The molecule has 0 aromatic heterocycles. The molecule has 0 radical (unpaired) electrons. The number of hydrogen-bond acceptors (Lipinski definition) is 3. The molecule has 0 unspecified atom stereocenters. The molecule has 2 saturated heterocycles. The number of aliphatic hydroxyl groups excluding tert-OH is 1. The molecule has 2 aliphatic heterocycles. The molecule has 0 aromatic carbocycles. The Morgan fingerprint density at radius 1 is 1.17 bits per heavy atom. The molecule has 24 heavy (non-hydrogen) atoms. The first-order valence-corrected chi connectivity index (χ1v) is 9.15. The number of piperidine rings is 1. The highest BCUT2D eigenvalue weighted by atomic mass is 16.3. The van der Waals surface area contributed by atoms with Gasteiger partial charge in [0.2, 0.25) is 5.91 Å². The quantitative estimate of drug-likeness (QED) is 0.806. The van der Waals surface area contributed by atoms with Crippen LogP contribution in [0.4, 0.5) is 4.79 Å². The Hall–Kier alpha value is -1.30. The highest BCUT2D eigenvalue weighted by Gasteiger charge is 2.41. The maximum absolute atomic E-state index is 12.9. The van der Waals surface area contributed by atoms with Crippen LogP contribution in [0.25, 0.3) is 0 Å². The summed E-state index contributed by atoms with van der Waals surface area (Å²) in [6, 6.07) is -0.494. The Labute approximate surface area is 145 Å². The predicted molar refractivity (Wildman–Crippen MR) is 93.5 cm³/mol. The second-order valence-electron chi connectivity index (χ2n) is 8.57. The summed E-state index contributed by atoms with van der Waals surface area (Å²) >= 11 is 0. The Balaban J connectivity index is 2.00. The molecule has 2 heterocycles. The van der Waals surface area contributed by atoms with Crippen molar-refractivity contribution in [3.63, 3.8) is 0 Å². The van der Waals surface area contributed by atoms with Crippen LogP contribution < -0.4 is 5.32 Å². The molecule has 6 nitrogen and oxygen atoms in total. The minimum absolute atomic E-state index is 0.0159. The number of carbonyl (C=O) groups is 2. The Kier molecular flexibility index (Phi) is 5.78. The van der Waals surface area contributed by atoms with Crippen molar-refractivity contribution in [3.8, 4) is 0 Å². The maximum Gasteiger partial charge on any atom is 0.318 e. The van der Waals surface area contributed by atoms with E-state index in [1.807, 2.05) is 13.8 Å². The van der Waals surface area contributed by atoms with Crippen LogP contribution in [0.2, 0.25) is 0 Å². The number of amides is 3. The number of urea groups is 1. The van der Waals surface area contributed by atoms with Crippen molar-refractivity contribution < 1.29 is 14.7 Å². The number of nitrogens with zero attached hydrogens (tertiary/aromatic N) is 2. The zero-order valence-electron chi connectivity index (χ0n) is 15.7. The van der Waals surface area contributed by atoms with Crippen LogP contribution in [0.5, 0.6) is 0 Å². The van der Waals surface area contributed by atoms with Gasteiger partial charge in [-0.25, -0.2) is 4.79 Å². The lowest BCUT2D eigenvalue weighted by Gasteiger charge is -2.43. The Morgan fingerprint density at radius 2 is 1.83 bits per heavy atom. The third-order valence-corrected chi connectivity index (χ3v) is 5.22. The Bertz CT molecular complexity index is 473. The molecular weight excluding hydrogens is 306 g/mol. The minimum atomic E-state index is -0.498. The maximum atomic E-state index is 12.9. The van der Waals surface area contributed by atoms with Crippen molar-refractivity contribution in [2.75, 3.05) is 19.6 Å². The van der Waals surface area contributed by atoms with Crippen molar-refractivity contribution in [2.45, 2.75) is 72.1 Å². The summed E-state index contributed by atoms with van der Waals surface area (Å²) in [6.07, 6.45) is 1.87. The minimum Gasteiger partial charge on any atom is -0.391 e. The van der Waals surface area contributed by atoms with Gasteiger partial charge in [0.25, 0.3) is 0 Å². The van der Waals surface area contributed by atoms with Gasteiger partial charge in [-0.3, -0.25) is 4.79 Å². The summed E-state index contributed by atoms with van der Waals surface area (Å²) in [7, 11) is 0. The van der Waals surface area contributed by atoms with Gasteiger partial charge < -0.3 is 20.2 Å². The number of rotatable bonds is 2. The van der Waals surface area contributed by atoms with Gasteiger partial charge in [0.05, 0.1) is 6.10 Å². The van der Waals surface area contributed by atoms with E-state index in [0.29, 0.717) is 26.1 Å². The summed E-state index contributed by atoms with van der Waals surface area (Å²) in [5.74, 6) is 0.184. The highest BCUT2D eigenvalue weighted by molar-refractivity contribution is 5.87. The first-order valence-electron chi connectivity index (χ1n) is 9.15. The lowest BCUT2D eigenvalue weighted by atomic mass is 9.73. The number of β-amino-alcohol motifs (C(OH)–C–C–N with tert-alkyl or cyclic N) is 1. The molecule has 2 rings (SSSR count). The molecule has 0 saturated carbocycles. The van der Waals surface area contributed by atoms with Crippen molar-refractivity contribution in [3.05, 3.63) is 0 Å². The molecule has 0 aromatic rings. The number of nitrogens with one attached hydrogen (secondary N) is 1. The van der Waals surface area contributed by atoms with E-state index in [0.717, 1.165) is 12.8 Å². The van der Waals surface area contributed by atoms with E-state index in [9.17, 15) is 14.7 Å². The lowest BCUT2D eigenvalue weighted by Crippen LogP contribution is -2.56. The summed E-state index contributed by atoms with van der Waals surface area (Å²) < 4.78 is 0. The molecule has 0 spiro atoms. The summed E-state index contributed by atoms with van der Waals surface area (Å²) in [5.41, 5.74) is 0.0328. The van der Waals surface area contributed by atoms with Crippen molar-refractivity contribution in [1.29, 1.82) is 0 Å². The van der Waals surface area contributed by atoms with Crippen LogP contribution in [0, 0.1) is 11.3 Å². The van der Waals surface area contributed by atoms with Crippen LogP contribution in [0.1, 0.15) is 53.9 Å². The zero-order chi connectivity index (χ0) is 18.1. The molecule has 0 aliphatic carbocycles. The normalized spacial score (nSPS) is 28.4. The second-order valence-corrected chi connectivity index (χ2v) is 8.57. The van der Waals surface area contributed by atoms with Crippen molar-refractivity contribution in [2.24, 2.45) is 11.3 Å². The van der Waals surface area contributed by atoms with Gasteiger partial charge in [-0.15, -0.1) is 0 Å². The Morgan fingerprint density at radius 3 is 2.38 bits per heavy atom. The highest BCUT2D eigenvalue weighted by Crippen LogP contribution is 2.35. The number of carbonyl (C=O) groups excluding carboxylic acids is 2. The van der Waals surface area contributed by atoms with E-state index >= 15 is 0 Å². The molecule has 138 valence electrons. The predicted octanol–water partition coefficient (Wildman–Crippen LogP) is 1.82. The second kappa shape index (κ2) is 7.30. The summed E-state index contributed by atoms with van der Waals surface area (Å²) in [6.45, 7) is 11.9. The van der Waals surface area contributed by atoms with Crippen LogP contribution in [0.3, 0.4) is 0 Å². The van der Waals surface area contributed by atoms with Gasteiger partial charge in [-0.2, -0.15) is 0 Å². The fourth-order valence-electron chi connectivity index (χ4n) is 3.95. The molecule has 2 aliphatic rings. The summed E-state index contributed by atoms with van der Waals surface area (Å²) in [4.78, 5) is 28.6. The van der Waals surface area contributed by atoms with Crippen LogP contribution in [-0.2, 0) is 4.79 Å². The molecule has 0 bridgehead atoms. The molecule has 3 atom stereocenters. The van der Waals surface area contributed by atoms with E-state index in [-0.39, 0.29) is 35.4 Å². The molecule has 3 amide bonds. The standard InChI is InChI=1S/C18H33N3O3/c1-12(2)19-17(24)21-9-6-7-14(21)16(23)20-10-8-13(15(22)11-20)18(3,4)5/h12-15,22H,6-11H2,1-5H3,(H,19,24)/t13-,14-,15-/m0/s1. The average Bonchev–Trinajstić information content (AvgIpc) is 2.93. The third kappa shape index (κ3) is 4.21. The van der Waals surface area contributed by atoms with E-state index in [1.54, 1.807) is 9.80 Å². The summed E-state index contributed by atoms with van der Waals surface area (Å²) in [5, 5.41) is 13.3. The monoisotopic (exact) mass is 339 g/mol. The van der Waals surface area contributed by atoms with Crippen LogP contribution in [-0.4, -0.2) is 64.7 Å². The van der Waals surface area contributed by atoms with Crippen LogP contribution >= 0.6 is 0 Å². The molecule has 6 heteroatoms. The number of hydrogen-bond donors (Lipinski definition) is 2. The first-order chi connectivity index (χ1) is 11.1. The van der Waals surface area contributed by atoms with Gasteiger partial charge >= 0.3 is 6.03 Å². The van der Waals surface area contributed by atoms with Crippen molar-refractivity contribution in [1.82, 2.24) is 15.1 Å². The number of likely N-dealkylation sites (tertiary alicyclic amines) is 2. The SMILES string of the molecule is CC(C)NC(=O)N1CCC[C@H]1C(=O)N1CC[C@H](C(C)(C)C)[C@@H](O)C1. The van der Waals surface area contributed by atoms with E-state index in [4.69, 9.17) is 0 Å². The van der Waals surface area contributed by atoms with Gasteiger partial charge in [0.15, 0.2) is 0 Å². The lowest BCUT2D eigenvalue weighted by molar-refractivity contribution is -0.141. The third-order valence-electron chi connectivity index (χ3n) is 5.22. The van der Waals surface area contributed by atoms with E-state index < -0.39 is 6.10 Å². The number of aliphatic hydroxyl groups is 1. The van der Waals surface area contributed by atoms with E-state index in [1.165, 1.54) is 0 Å². The van der Waals surface area contributed by atoms with Crippen LogP contribution in [0.15, 0.2) is 0 Å². The fraction of sp³-hybridized carbons (Fsp3) is 0.889. The van der Waals surface area contributed by atoms with Crippen molar-refractivity contribution >= 4 is 11.9 Å². The topological polar surface area (TPSA) is 72.9 Å². The molecule has 2 fully saturated rings. The largest absolute Gasteiger partial charge is 0.391 e. The average molecular weight is 339 g/mol. The molecule has 2 N–H and O–H groups in total. The van der Waals surface area contributed by atoms with Gasteiger partial charge in [-0.05, 0) is 44.4 Å². The molecular formula is C18H33N3O3. The zero-order valence-corrected chi connectivity index (χ0v) is 15.7. The van der Waals surface area contributed by atoms with E-state index in [2.05, 4.69) is 26.1 Å². The first kappa shape index (κ1) is 19.0. The van der Waals surface area contributed by atoms with Gasteiger partial charge in [0.1, 0.15) is 6.04 Å². The smallest absolute Gasteiger partial charge is 0.318 e. The fourth-order valence-corrected chi connectivity index (χ4v) is 3.95. The van der Waals surface area contributed by atoms with Gasteiger partial charge in [0, 0.05) is 25.7 Å².